The van der Waals surface area contributed by atoms with Gasteiger partial charge in [-0.15, -0.1) is 11.8 Å². The summed E-state index contributed by atoms with van der Waals surface area (Å²) in [6.45, 7) is 6.52. The molecule has 0 amide bonds. The highest BCUT2D eigenvalue weighted by Gasteiger charge is 2.11. The van der Waals surface area contributed by atoms with Crippen LogP contribution in [0.2, 0.25) is 0 Å². The SMILES string of the molecule is CC(C)(C)Sc1ccnc(N)c1. The van der Waals surface area contributed by atoms with Gasteiger partial charge in [-0.2, -0.15) is 0 Å². The van der Waals surface area contributed by atoms with E-state index in [4.69, 9.17) is 5.73 Å². The number of aromatic nitrogens is 1. The molecule has 0 unspecified atom stereocenters. The molecule has 0 aliphatic heterocycles. The molecule has 0 saturated heterocycles. The van der Waals surface area contributed by atoms with Crippen LogP contribution in [0.5, 0.6) is 0 Å². The molecule has 0 aliphatic carbocycles. The quantitative estimate of drug-likeness (QED) is 0.678. The molecule has 2 nitrogen and oxygen atoms in total. The first-order chi connectivity index (χ1) is 5.47. The fourth-order valence-electron chi connectivity index (χ4n) is 0.845. The van der Waals surface area contributed by atoms with Crippen LogP contribution in [-0.4, -0.2) is 9.73 Å². The van der Waals surface area contributed by atoms with E-state index < -0.39 is 0 Å². The van der Waals surface area contributed by atoms with Crippen molar-refractivity contribution in [2.75, 3.05) is 5.73 Å². The molecular formula is C9H14N2S. The summed E-state index contributed by atoms with van der Waals surface area (Å²) >= 11 is 1.79. The van der Waals surface area contributed by atoms with Gasteiger partial charge in [0.25, 0.3) is 0 Å². The number of nitrogens with zero attached hydrogens (tertiary/aromatic N) is 1. The Morgan fingerprint density at radius 2 is 2.08 bits per heavy atom. The molecule has 0 aliphatic rings. The van der Waals surface area contributed by atoms with E-state index in [2.05, 4.69) is 25.8 Å². The number of nitrogen functional groups attached to an aromatic ring is 1. The Balaban J connectivity index is 2.77. The molecule has 1 heterocycles. The average Bonchev–Trinajstić information content (AvgIpc) is 1.82. The summed E-state index contributed by atoms with van der Waals surface area (Å²) in [5, 5.41) is 0. The van der Waals surface area contributed by atoms with Gasteiger partial charge < -0.3 is 5.73 Å². The van der Waals surface area contributed by atoms with E-state index >= 15 is 0 Å². The van der Waals surface area contributed by atoms with Gasteiger partial charge in [-0.3, -0.25) is 0 Å². The maximum Gasteiger partial charge on any atom is 0.124 e. The van der Waals surface area contributed by atoms with E-state index in [1.54, 1.807) is 18.0 Å². The predicted octanol–water partition coefficient (Wildman–Crippen LogP) is 2.55. The Morgan fingerprint density at radius 1 is 1.42 bits per heavy atom. The van der Waals surface area contributed by atoms with Crippen molar-refractivity contribution in [3.63, 3.8) is 0 Å². The van der Waals surface area contributed by atoms with E-state index in [9.17, 15) is 0 Å². The molecule has 2 N–H and O–H groups in total. The first kappa shape index (κ1) is 9.39. The molecule has 0 bridgehead atoms. The number of anilines is 1. The molecule has 0 saturated carbocycles. The Bertz CT molecular complexity index is 265. The molecule has 1 rings (SSSR count). The lowest BCUT2D eigenvalue weighted by atomic mass is 10.3. The van der Waals surface area contributed by atoms with Crippen molar-refractivity contribution in [3.8, 4) is 0 Å². The highest BCUT2D eigenvalue weighted by Crippen LogP contribution is 2.31. The third kappa shape index (κ3) is 3.13. The number of nitrogens with two attached hydrogens (primary N) is 1. The van der Waals surface area contributed by atoms with Gasteiger partial charge in [-0.05, 0) is 12.1 Å². The fraction of sp³-hybridized carbons (Fsp3) is 0.444. The largest absolute Gasteiger partial charge is 0.384 e. The van der Waals surface area contributed by atoms with Crippen LogP contribution >= 0.6 is 11.8 Å². The minimum absolute atomic E-state index is 0.230. The molecule has 12 heavy (non-hydrogen) atoms. The zero-order valence-corrected chi connectivity index (χ0v) is 8.48. The van der Waals surface area contributed by atoms with Crippen LogP contribution in [-0.2, 0) is 0 Å². The van der Waals surface area contributed by atoms with E-state index in [0.717, 1.165) is 0 Å². The van der Waals surface area contributed by atoms with Gasteiger partial charge in [-0.25, -0.2) is 4.98 Å². The Hall–Kier alpha value is -0.700. The minimum atomic E-state index is 0.230. The molecule has 1 aromatic rings. The lowest BCUT2D eigenvalue weighted by molar-refractivity contribution is 0.802. The molecule has 3 heteroatoms. The van der Waals surface area contributed by atoms with Crippen LogP contribution in [0, 0.1) is 0 Å². The smallest absolute Gasteiger partial charge is 0.124 e. The second kappa shape index (κ2) is 3.35. The monoisotopic (exact) mass is 182 g/mol. The van der Waals surface area contributed by atoms with Crippen LogP contribution in [0.25, 0.3) is 0 Å². The van der Waals surface area contributed by atoms with Gasteiger partial charge in [0.1, 0.15) is 5.82 Å². The van der Waals surface area contributed by atoms with Crippen molar-refractivity contribution in [1.82, 2.24) is 4.98 Å². The number of pyridine rings is 1. The van der Waals surface area contributed by atoms with Gasteiger partial charge in [0.2, 0.25) is 0 Å². The third-order valence-electron chi connectivity index (χ3n) is 1.18. The standard InChI is InChI=1S/C9H14N2S/c1-9(2,3)12-7-4-5-11-8(10)6-7/h4-6H,1-3H3,(H2,10,11). The summed E-state index contributed by atoms with van der Waals surface area (Å²) in [4.78, 5) is 5.11. The Labute approximate surface area is 77.6 Å². The lowest BCUT2D eigenvalue weighted by Gasteiger charge is -2.17. The Kier molecular flexibility index (Phi) is 2.62. The first-order valence-electron chi connectivity index (χ1n) is 3.88. The van der Waals surface area contributed by atoms with Gasteiger partial charge in [0.15, 0.2) is 0 Å². The lowest BCUT2D eigenvalue weighted by Crippen LogP contribution is -2.06. The normalized spacial score (nSPS) is 11.6. The number of hydrogen-bond acceptors (Lipinski definition) is 3. The van der Waals surface area contributed by atoms with Crippen LogP contribution in [0.15, 0.2) is 23.2 Å². The highest BCUT2D eigenvalue weighted by molar-refractivity contribution is 8.00. The second-order valence-corrected chi connectivity index (χ2v) is 5.53. The van der Waals surface area contributed by atoms with Crippen LogP contribution in [0.4, 0.5) is 5.82 Å². The van der Waals surface area contributed by atoms with Crippen molar-refractivity contribution in [2.45, 2.75) is 30.4 Å². The van der Waals surface area contributed by atoms with Crippen molar-refractivity contribution >= 4 is 17.6 Å². The third-order valence-corrected chi connectivity index (χ3v) is 2.28. The summed E-state index contributed by atoms with van der Waals surface area (Å²) in [6.07, 6.45) is 1.74. The average molecular weight is 182 g/mol. The minimum Gasteiger partial charge on any atom is -0.384 e. The second-order valence-electron chi connectivity index (χ2n) is 3.63. The summed E-state index contributed by atoms with van der Waals surface area (Å²) in [6, 6.07) is 3.88. The van der Waals surface area contributed by atoms with Crippen molar-refractivity contribution in [3.05, 3.63) is 18.3 Å². The van der Waals surface area contributed by atoms with Gasteiger partial charge in [-0.1, -0.05) is 20.8 Å². The predicted molar refractivity (Wildman–Crippen MR) is 54.3 cm³/mol. The first-order valence-corrected chi connectivity index (χ1v) is 4.69. The molecule has 0 radical (unpaired) electrons. The summed E-state index contributed by atoms with van der Waals surface area (Å²) < 4.78 is 0.230. The summed E-state index contributed by atoms with van der Waals surface area (Å²) in [7, 11) is 0. The summed E-state index contributed by atoms with van der Waals surface area (Å²) in [5.74, 6) is 0.587. The molecule has 0 aromatic carbocycles. The van der Waals surface area contributed by atoms with E-state index in [1.807, 2.05) is 12.1 Å². The zero-order chi connectivity index (χ0) is 9.19. The molecule has 0 atom stereocenters. The van der Waals surface area contributed by atoms with Crippen molar-refractivity contribution in [1.29, 1.82) is 0 Å². The fourth-order valence-corrected chi connectivity index (χ4v) is 1.86. The van der Waals surface area contributed by atoms with Crippen LogP contribution in [0.1, 0.15) is 20.8 Å². The maximum absolute atomic E-state index is 5.55. The summed E-state index contributed by atoms with van der Waals surface area (Å²) in [5.41, 5.74) is 5.55. The molecular weight excluding hydrogens is 168 g/mol. The van der Waals surface area contributed by atoms with Crippen LogP contribution in [0.3, 0.4) is 0 Å². The van der Waals surface area contributed by atoms with Gasteiger partial charge in [0, 0.05) is 15.8 Å². The van der Waals surface area contributed by atoms with Crippen molar-refractivity contribution < 1.29 is 0 Å². The topological polar surface area (TPSA) is 38.9 Å². The highest BCUT2D eigenvalue weighted by atomic mass is 32.2. The van der Waals surface area contributed by atoms with E-state index in [0.29, 0.717) is 5.82 Å². The molecule has 0 fully saturated rings. The number of rotatable bonds is 1. The number of thioether (sulfide) groups is 1. The van der Waals surface area contributed by atoms with Crippen LogP contribution < -0.4 is 5.73 Å². The van der Waals surface area contributed by atoms with E-state index in [1.165, 1.54) is 4.90 Å². The zero-order valence-electron chi connectivity index (χ0n) is 7.66. The molecule has 1 aromatic heterocycles. The van der Waals surface area contributed by atoms with Gasteiger partial charge in [0.05, 0.1) is 0 Å². The molecule has 0 spiro atoms. The van der Waals surface area contributed by atoms with Gasteiger partial charge >= 0.3 is 0 Å². The number of hydrogen-bond donors (Lipinski definition) is 1. The maximum atomic E-state index is 5.55. The van der Waals surface area contributed by atoms with Crippen molar-refractivity contribution in [2.24, 2.45) is 0 Å². The van der Waals surface area contributed by atoms with E-state index in [-0.39, 0.29) is 4.75 Å². The molecule has 66 valence electrons. The Morgan fingerprint density at radius 3 is 2.58 bits per heavy atom.